The first-order valence-corrected chi connectivity index (χ1v) is 17.6. The number of hydrogen-bond donors (Lipinski definition) is 3. The van der Waals surface area contributed by atoms with Gasteiger partial charge in [-0.25, -0.2) is 14.6 Å². The Kier molecular flexibility index (Phi) is 10.9. The largest absolute Gasteiger partial charge is 0.488 e. The molecule has 56 heavy (non-hydrogen) atoms. The average molecular weight is 793 g/mol. The summed E-state index contributed by atoms with van der Waals surface area (Å²) in [6.07, 6.45) is -10.5. The molecular formula is C39H42F6N4O7. The van der Waals surface area contributed by atoms with E-state index in [1.165, 1.54) is 18.2 Å². The molecule has 2 aromatic carbocycles. The highest BCUT2D eigenvalue weighted by Crippen LogP contribution is 2.45. The van der Waals surface area contributed by atoms with E-state index < -0.39 is 106 Å². The third kappa shape index (κ3) is 8.86. The summed E-state index contributed by atoms with van der Waals surface area (Å²) in [5.74, 6) is -4.71. The van der Waals surface area contributed by atoms with Gasteiger partial charge in [0.05, 0.1) is 23.2 Å². The number of aromatic nitrogens is 1. The summed E-state index contributed by atoms with van der Waals surface area (Å²) in [6.45, 7) is 13.5. The molecule has 1 aromatic heterocycles. The number of para-hydroxylation sites is 1. The number of hydrogen-bond acceptors (Lipinski definition) is 8. The number of aliphatic carboxylic acids is 1. The number of carboxylic acids is 1. The number of nitrogens with one attached hydrogen (secondary N) is 2. The Labute approximate surface area is 318 Å². The molecule has 0 bridgehead atoms. The lowest BCUT2D eigenvalue weighted by Gasteiger charge is -2.36. The van der Waals surface area contributed by atoms with Gasteiger partial charge in [-0.1, -0.05) is 32.9 Å². The molecule has 2 fully saturated rings. The number of ether oxygens (including phenoxy) is 2. The predicted octanol–water partition coefficient (Wildman–Crippen LogP) is 7.25. The zero-order valence-corrected chi connectivity index (χ0v) is 31.4. The molecule has 2 amide bonds. The molecule has 3 aromatic rings. The van der Waals surface area contributed by atoms with Crippen molar-refractivity contribution in [1.29, 1.82) is 0 Å². The second kappa shape index (κ2) is 14.6. The summed E-state index contributed by atoms with van der Waals surface area (Å²) >= 11 is 0. The standard InChI is InChI=1S/C39H42F6N4O7/c1-8-21-18-37(21,34(53)54)48-31(50)26-16-23(55-27-17-28(39(43,44)45)47-29-24(27)10-9-11-25(29)38(40,41)42)19-49(26)32(51)30(35(2,3)4)46-22-14-12-20(13-15-22)33(52)56-36(5,6)7/h8-15,17,21,23,26,30,46H,1,16,18-19H2,2-7H3,(H,48,50)(H,53,54)/t21-,23+,26-,30+,37?/m0/s1. The molecule has 3 N–H and O–H groups in total. The van der Waals surface area contributed by atoms with Crippen molar-refractivity contribution in [3.8, 4) is 5.75 Å². The van der Waals surface area contributed by atoms with E-state index >= 15 is 0 Å². The number of amides is 2. The summed E-state index contributed by atoms with van der Waals surface area (Å²) in [5, 5.41) is 15.2. The quantitative estimate of drug-likeness (QED) is 0.110. The first-order chi connectivity index (χ1) is 25.7. The fourth-order valence-electron chi connectivity index (χ4n) is 6.58. The van der Waals surface area contributed by atoms with E-state index in [2.05, 4.69) is 22.2 Å². The van der Waals surface area contributed by atoms with Crippen molar-refractivity contribution in [2.45, 2.75) is 96.1 Å². The van der Waals surface area contributed by atoms with E-state index in [1.807, 2.05) is 0 Å². The number of alkyl halides is 6. The second-order valence-electron chi connectivity index (χ2n) is 16.0. The van der Waals surface area contributed by atoms with Gasteiger partial charge in [0.25, 0.3) is 0 Å². The van der Waals surface area contributed by atoms with E-state index in [0.29, 0.717) is 17.8 Å². The third-order valence-corrected chi connectivity index (χ3v) is 9.51. The van der Waals surface area contributed by atoms with E-state index in [1.54, 1.807) is 53.7 Å². The maximum absolute atomic E-state index is 14.6. The first kappa shape index (κ1) is 41.8. The highest BCUT2D eigenvalue weighted by atomic mass is 19.4. The highest BCUT2D eigenvalue weighted by molar-refractivity contribution is 5.96. The molecule has 2 heterocycles. The fraction of sp³-hybridized carbons (Fsp3) is 0.462. The molecule has 302 valence electrons. The van der Waals surface area contributed by atoms with Gasteiger partial charge in [-0.15, -0.1) is 6.58 Å². The van der Waals surface area contributed by atoms with Crippen molar-refractivity contribution < 1.29 is 60.1 Å². The summed E-state index contributed by atoms with van der Waals surface area (Å²) in [6, 6.07) is 6.72. The summed E-state index contributed by atoms with van der Waals surface area (Å²) < 4.78 is 95.1. The van der Waals surface area contributed by atoms with E-state index in [9.17, 15) is 50.6 Å². The van der Waals surface area contributed by atoms with Gasteiger partial charge in [0, 0.05) is 29.5 Å². The molecule has 5 rings (SSSR count). The Hall–Kier alpha value is -5.35. The van der Waals surface area contributed by atoms with Gasteiger partial charge in [-0.2, -0.15) is 26.3 Å². The SMILES string of the molecule is C=C[C@H]1CC1(NC(=O)[C@@H]1C[C@@H](Oc2cc(C(F)(F)F)nc3c(C(F)(F)F)cccc23)CN1C(=O)[C@@H](Nc1ccc(C(=O)OC(C)(C)C)cc1)C(C)(C)C)C(=O)O. The Morgan fingerprint density at radius 1 is 0.982 bits per heavy atom. The van der Waals surface area contributed by atoms with Crippen molar-refractivity contribution in [3.63, 3.8) is 0 Å². The smallest absolute Gasteiger partial charge is 0.433 e. The van der Waals surface area contributed by atoms with Crippen molar-refractivity contribution in [1.82, 2.24) is 15.2 Å². The minimum Gasteiger partial charge on any atom is -0.488 e. The summed E-state index contributed by atoms with van der Waals surface area (Å²) in [4.78, 5) is 57.8. The Morgan fingerprint density at radius 3 is 2.14 bits per heavy atom. The number of halogens is 6. The van der Waals surface area contributed by atoms with Gasteiger partial charge in [0.1, 0.15) is 40.8 Å². The number of carboxylic acid groups (broad SMARTS) is 1. The van der Waals surface area contributed by atoms with Gasteiger partial charge in [-0.05, 0) is 69.0 Å². The maximum atomic E-state index is 14.6. The van der Waals surface area contributed by atoms with Crippen LogP contribution in [0.15, 0.2) is 61.2 Å². The lowest BCUT2D eigenvalue weighted by atomic mass is 9.85. The molecule has 17 heteroatoms. The lowest BCUT2D eigenvalue weighted by molar-refractivity contribution is -0.145. The van der Waals surface area contributed by atoms with Crippen LogP contribution < -0.4 is 15.4 Å². The van der Waals surface area contributed by atoms with E-state index in [-0.39, 0.29) is 23.8 Å². The van der Waals surface area contributed by atoms with Crippen LogP contribution in [-0.2, 0) is 31.5 Å². The zero-order valence-electron chi connectivity index (χ0n) is 31.4. The van der Waals surface area contributed by atoms with Crippen LogP contribution in [0.4, 0.5) is 32.0 Å². The van der Waals surface area contributed by atoms with Crippen LogP contribution in [0.2, 0.25) is 0 Å². The summed E-state index contributed by atoms with van der Waals surface area (Å²) in [7, 11) is 0. The number of pyridine rings is 1. The van der Waals surface area contributed by atoms with Gasteiger partial charge in [-0.3, -0.25) is 9.59 Å². The molecule has 1 unspecified atom stereocenters. The first-order valence-electron chi connectivity index (χ1n) is 17.6. The molecule has 1 saturated carbocycles. The minimum atomic E-state index is -5.17. The molecule has 0 spiro atoms. The number of nitrogens with zero attached hydrogens (tertiary/aromatic N) is 2. The molecule has 1 aliphatic heterocycles. The molecule has 2 aliphatic rings. The van der Waals surface area contributed by atoms with Gasteiger partial charge in [0.15, 0.2) is 0 Å². The molecule has 0 radical (unpaired) electrons. The van der Waals surface area contributed by atoms with E-state index in [0.717, 1.165) is 17.0 Å². The Balaban J connectivity index is 1.51. The molecule has 1 aliphatic carbocycles. The fourth-order valence-corrected chi connectivity index (χ4v) is 6.58. The molecule has 1 saturated heterocycles. The van der Waals surface area contributed by atoms with Crippen LogP contribution in [0.1, 0.15) is 76.0 Å². The normalized spacial score (nSPS) is 21.9. The zero-order chi connectivity index (χ0) is 41.8. The number of rotatable bonds is 10. The lowest BCUT2D eigenvalue weighted by Crippen LogP contribution is -2.56. The van der Waals surface area contributed by atoms with Crippen LogP contribution >= 0.6 is 0 Å². The van der Waals surface area contributed by atoms with Crippen LogP contribution in [0.3, 0.4) is 0 Å². The number of carbonyl (C=O) groups excluding carboxylic acids is 3. The van der Waals surface area contributed by atoms with Crippen molar-refractivity contribution >= 4 is 40.3 Å². The minimum absolute atomic E-state index is 0.0222. The summed E-state index contributed by atoms with van der Waals surface area (Å²) in [5.41, 5.74) is -6.77. The number of carbonyl (C=O) groups is 4. The highest BCUT2D eigenvalue weighted by Gasteiger charge is 2.61. The van der Waals surface area contributed by atoms with Crippen LogP contribution in [0.25, 0.3) is 10.9 Å². The molecular weight excluding hydrogens is 750 g/mol. The Morgan fingerprint density at radius 2 is 1.62 bits per heavy atom. The van der Waals surface area contributed by atoms with Crippen LogP contribution in [-0.4, -0.2) is 74.6 Å². The number of esters is 1. The van der Waals surface area contributed by atoms with Crippen LogP contribution in [0, 0.1) is 11.3 Å². The number of likely N-dealkylation sites (tertiary alicyclic amines) is 1. The Bertz CT molecular complexity index is 2040. The number of fused-ring (bicyclic) bond motifs is 1. The predicted molar refractivity (Wildman–Crippen MR) is 192 cm³/mol. The maximum Gasteiger partial charge on any atom is 0.433 e. The topological polar surface area (TPSA) is 147 Å². The number of benzene rings is 2. The van der Waals surface area contributed by atoms with Crippen molar-refractivity contribution in [2.24, 2.45) is 11.3 Å². The van der Waals surface area contributed by atoms with Gasteiger partial charge in [0.2, 0.25) is 11.8 Å². The third-order valence-electron chi connectivity index (χ3n) is 9.51. The molecule has 11 nitrogen and oxygen atoms in total. The average Bonchev–Trinajstić information content (AvgIpc) is 3.64. The molecule has 5 atom stereocenters. The monoisotopic (exact) mass is 792 g/mol. The number of anilines is 1. The van der Waals surface area contributed by atoms with E-state index in [4.69, 9.17) is 9.47 Å². The second-order valence-corrected chi connectivity index (χ2v) is 16.0. The van der Waals surface area contributed by atoms with Gasteiger partial charge < -0.3 is 30.1 Å². The van der Waals surface area contributed by atoms with Crippen molar-refractivity contribution in [3.05, 3.63) is 78.0 Å². The van der Waals surface area contributed by atoms with Crippen molar-refractivity contribution in [2.75, 3.05) is 11.9 Å². The van der Waals surface area contributed by atoms with Crippen LogP contribution in [0.5, 0.6) is 5.75 Å². The van der Waals surface area contributed by atoms with Gasteiger partial charge >= 0.3 is 24.3 Å².